The second-order valence-corrected chi connectivity index (χ2v) is 12.0. The zero-order valence-corrected chi connectivity index (χ0v) is 22.2. The number of Topliss-reactive ketones (excluding diaryl/α,β-unsaturated/α-hetero) is 1. The summed E-state index contributed by atoms with van der Waals surface area (Å²) in [5.74, 6) is -2.43. The molecule has 5 atom stereocenters. The van der Waals surface area contributed by atoms with Crippen molar-refractivity contribution in [2.75, 3.05) is 0 Å². The zero-order chi connectivity index (χ0) is 25.7. The van der Waals surface area contributed by atoms with E-state index in [2.05, 4.69) is 5.32 Å². The highest BCUT2D eigenvalue weighted by Crippen LogP contribution is 2.28. The van der Waals surface area contributed by atoms with Crippen molar-refractivity contribution in [1.82, 2.24) is 5.32 Å². The van der Waals surface area contributed by atoms with Gasteiger partial charge >= 0.3 is 31.1 Å². The number of rotatable bonds is 10. The van der Waals surface area contributed by atoms with Gasteiger partial charge in [-0.25, -0.2) is 4.79 Å². The van der Waals surface area contributed by atoms with Crippen LogP contribution in [0.2, 0.25) is 0 Å². The van der Waals surface area contributed by atoms with Crippen LogP contribution in [0.3, 0.4) is 0 Å². The highest BCUT2D eigenvalue weighted by Gasteiger charge is 2.52. The van der Waals surface area contributed by atoms with Gasteiger partial charge in [0, 0.05) is 5.92 Å². The standard InChI is InChI=1S/C29H28INO5/c1-18(25-23(19(2)32)28(34)31-25)26(33)24(30-22-16-10-5-11-17-22)29(35)36-27(20-12-6-3-7-13-20)21-14-8-4-9-15-21/h3-19,23-25,27,32H,1-2H3/p+1. The number of ketones is 1. The number of hydrogen-bond donors (Lipinski definition) is 2. The van der Waals surface area contributed by atoms with E-state index in [0.29, 0.717) is 0 Å². The fourth-order valence-electron chi connectivity index (χ4n) is 4.37. The predicted octanol–water partition coefficient (Wildman–Crippen LogP) is 0.347. The summed E-state index contributed by atoms with van der Waals surface area (Å²) in [4.78, 5) is 39.4. The maximum atomic E-state index is 13.7. The third-order valence-electron chi connectivity index (χ3n) is 6.37. The molecule has 0 aliphatic carbocycles. The molecule has 3 aromatic rings. The molecule has 1 fully saturated rings. The van der Waals surface area contributed by atoms with Crippen LogP contribution in [0.25, 0.3) is 0 Å². The van der Waals surface area contributed by atoms with Crippen LogP contribution in [0, 0.1) is 15.4 Å². The molecule has 1 heterocycles. The number of aliphatic hydroxyl groups is 1. The lowest BCUT2D eigenvalue weighted by Crippen LogP contribution is -3.66. The number of halogens is 1. The molecular formula is C29H29INO5+. The van der Waals surface area contributed by atoms with E-state index in [-0.39, 0.29) is 11.7 Å². The zero-order valence-electron chi connectivity index (χ0n) is 20.1. The molecular weight excluding hydrogens is 569 g/mol. The van der Waals surface area contributed by atoms with Gasteiger partial charge in [0.15, 0.2) is 9.67 Å². The molecule has 4 rings (SSSR count). The Bertz CT molecular complexity index is 1150. The summed E-state index contributed by atoms with van der Waals surface area (Å²) in [6, 6.07) is 27.9. The Kier molecular flexibility index (Phi) is 8.53. The predicted molar refractivity (Wildman–Crippen MR) is 131 cm³/mol. The summed E-state index contributed by atoms with van der Waals surface area (Å²) in [6.07, 6.45) is -1.53. The number of ether oxygens (including phenoxy) is 1. The molecule has 0 spiro atoms. The number of β-lactam (4-membered cyclic amide) rings is 1. The molecule has 0 aromatic heterocycles. The molecule has 1 saturated heterocycles. The molecule has 0 saturated carbocycles. The van der Waals surface area contributed by atoms with Gasteiger partial charge in [0.25, 0.3) is 0 Å². The van der Waals surface area contributed by atoms with Crippen molar-refractivity contribution in [1.29, 1.82) is 0 Å². The van der Waals surface area contributed by atoms with Crippen LogP contribution in [0.1, 0.15) is 31.1 Å². The minimum atomic E-state index is -1.07. The van der Waals surface area contributed by atoms with Crippen molar-refractivity contribution in [2.45, 2.75) is 36.0 Å². The van der Waals surface area contributed by atoms with Crippen LogP contribution in [-0.4, -0.2) is 38.8 Å². The van der Waals surface area contributed by atoms with E-state index in [1.54, 1.807) is 13.8 Å². The van der Waals surface area contributed by atoms with Crippen LogP contribution in [0.5, 0.6) is 0 Å². The molecule has 5 unspecified atom stereocenters. The number of hydrogen-bond acceptors (Lipinski definition) is 5. The molecule has 1 aliphatic rings. The maximum Gasteiger partial charge on any atom is 0.367 e. The first-order valence-electron chi connectivity index (χ1n) is 11.9. The number of carbonyl (C=O) groups is 3. The third-order valence-corrected chi connectivity index (χ3v) is 9.55. The molecule has 0 bridgehead atoms. The molecule has 1 amide bonds. The Hall–Kier alpha value is -3.04. The number of aliphatic hydroxyl groups excluding tert-OH is 1. The Morgan fingerprint density at radius 2 is 1.36 bits per heavy atom. The number of benzene rings is 3. The van der Waals surface area contributed by atoms with Crippen LogP contribution in [0.4, 0.5) is 0 Å². The summed E-state index contributed by atoms with van der Waals surface area (Å²) in [6.45, 7) is 3.25. The van der Waals surface area contributed by atoms with E-state index >= 15 is 0 Å². The number of esters is 1. The maximum absolute atomic E-state index is 13.7. The van der Waals surface area contributed by atoms with Gasteiger partial charge in [-0.2, -0.15) is 0 Å². The lowest BCUT2D eigenvalue weighted by molar-refractivity contribution is -0.639. The topological polar surface area (TPSA) is 92.7 Å². The van der Waals surface area contributed by atoms with Crippen molar-refractivity contribution in [3.63, 3.8) is 0 Å². The van der Waals surface area contributed by atoms with Crippen molar-refractivity contribution in [3.05, 3.63) is 106 Å². The Balaban J connectivity index is 1.62. The van der Waals surface area contributed by atoms with Gasteiger partial charge in [-0.1, -0.05) is 85.8 Å². The van der Waals surface area contributed by atoms with Gasteiger partial charge in [0.05, 0.1) is 18.1 Å². The van der Waals surface area contributed by atoms with E-state index in [1.165, 1.54) is 0 Å². The first-order valence-corrected chi connectivity index (χ1v) is 14.2. The minimum Gasteiger partial charge on any atom is -0.449 e. The lowest BCUT2D eigenvalue weighted by Gasteiger charge is -2.41. The smallest absolute Gasteiger partial charge is 0.367 e. The van der Waals surface area contributed by atoms with Crippen LogP contribution in [0.15, 0.2) is 91.0 Å². The second kappa shape index (κ2) is 11.8. The SMILES string of the molecule is CC(O)C1C(=O)NC1C(C)C(=O)C([I+]c1ccccc1)C(=O)OC(c1ccccc1)c1ccccc1. The summed E-state index contributed by atoms with van der Waals surface area (Å²) >= 11 is -1.07. The summed E-state index contributed by atoms with van der Waals surface area (Å²) in [7, 11) is 0. The number of amides is 1. The van der Waals surface area contributed by atoms with Crippen LogP contribution < -0.4 is 26.5 Å². The number of nitrogens with one attached hydrogen (secondary N) is 1. The van der Waals surface area contributed by atoms with E-state index in [0.717, 1.165) is 14.7 Å². The lowest BCUT2D eigenvalue weighted by atomic mass is 9.77. The van der Waals surface area contributed by atoms with Crippen LogP contribution in [-0.2, 0) is 19.1 Å². The van der Waals surface area contributed by atoms with E-state index in [4.69, 9.17) is 4.74 Å². The quantitative estimate of drug-likeness (QED) is 0.116. The van der Waals surface area contributed by atoms with Gasteiger partial charge in [0.1, 0.15) is 0 Å². The summed E-state index contributed by atoms with van der Waals surface area (Å²) in [5, 5.41) is 12.8. The van der Waals surface area contributed by atoms with Gasteiger partial charge in [-0.15, -0.1) is 0 Å². The van der Waals surface area contributed by atoms with Gasteiger partial charge in [0.2, 0.25) is 11.7 Å². The van der Waals surface area contributed by atoms with E-state index < -0.39 is 61.2 Å². The normalized spacial score (nSPS) is 19.5. The van der Waals surface area contributed by atoms with E-state index in [1.807, 2.05) is 91.0 Å². The summed E-state index contributed by atoms with van der Waals surface area (Å²) in [5.41, 5.74) is 1.63. The molecule has 186 valence electrons. The second-order valence-electron chi connectivity index (χ2n) is 8.90. The highest BCUT2D eigenvalue weighted by molar-refractivity contribution is 6.04. The van der Waals surface area contributed by atoms with Crippen molar-refractivity contribution < 1.29 is 45.4 Å². The molecule has 2 N–H and O–H groups in total. The molecule has 0 radical (unpaired) electrons. The summed E-state index contributed by atoms with van der Waals surface area (Å²) < 4.78 is 6.07. The minimum absolute atomic E-state index is 0.271. The average molecular weight is 598 g/mol. The van der Waals surface area contributed by atoms with E-state index in [9.17, 15) is 19.5 Å². The highest BCUT2D eigenvalue weighted by atomic mass is 127. The Morgan fingerprint density at radius 3 is 1.83 bits per heavy atom. The molecule has 3 aromatic carbocycles. The fourth-order valence-corrected chi connectivity index (χ4v) is 7.19. The first kappa shape index (κ1) is 26.0. The van der Waals surface area contributed by atoms with Gasteiger partial charge < -0.3 is 15.2 Å². The number of carbonyl (C=O) groups excluding carboxylic acids is 3. The van der Waals surface area contributed by atoms with Crippen molar-refractivity contribution >= 4 is 17.7 Å². The molecule has 7 heteroatoms. The largest absolute Gasteiger partial charge is 0.449 e. The Morgan fingerprint density at radius 1 is 0.861 bits per heavy atom. The van der Waals surface area contributed by atoms with Gasteiger partial charge in [-0.3, -0.25) is 9.59 Å². The van der Waals surface area contributed by atoms with Crippen molar-refractivity contribution in [3.8, 4) is 0 Å². The molecule has 1 aliphatic heterocycles. The molecule has 36 heavy (non-hydrogen) atoms. The van der Waals surface area contributed by atoms with Crippen molar-refractivity contribution in [2.24, 2.45) is 11.8 Å². The number of alkyl halides is 1. The molecule has 6 nitrogen and oxygen atoms in total. The fraction of sp³-hybridized carbons (Fsp3) is 0.276. The first-order chi connectivity index (χ1) is 17.4. The average Bonchev–Trinajstić information content (AvgIpc) is 2.89. The third kappa shape index (κ3) is 5.84. The Labute approximate surface area is 221 Å². The van der Waals surface area contributed by atoms with Crippen LogP contribution >= 0.6 is 0 Å². The van der Waals surface area contributed by atoms with Gasteiger partial charge in [-0.05, 0) is 30.2 Å². The monoisotopic (exact) mass is 598 g/mol.